The highest BCUT2D eigenvalue weighted by Gasteiger charge is 2.38. The molecule has 3 unspecified atom stereocenters. The van der Waals surface area contributed by atoms with E-state index in [4.69, 9.17) is 4.98 Å². The normalized spacial score (nSPS) is 31.1. The Labute approximate surface area is 183 Å². The molecule has 7 nitrogen and oxygen atoms in total. The molecule has 8 heteroatoms. The van der Waals surface area contributed by atoms with Gasteiger partial charge >= 0.3 is 0 Å². The second-order valence-corrected chi connectivity index (χ2v) is 9.38. The van der Waals surface area contributed by atoms with Gasteiger partial charge in [0.1, 0.15) is 11.6 Å². The maximum Gasteiger partial charge on any atom is 0.138 e. The molecule has 5 atom stereocenters. The average Bonchev–Trinajstić information content (AvgIpc) is 3.16. The van der Waals surface area contributed by atoms with Crippen LogP contribution in [-0.4, -0.2) is 58.4 Å². The summed E-state index contributed by atoms with van der Waals surface area (Å²) in [5.41, 5.74) is 7.47. The summed E-state index contributed by atoms with van der Waals surface area (Å²) in [5, 5.41) is 8.34. The van der Waals surface area contributed by atoms with Crippen molar-refractivity contribution in [1.82, 2.24) is 25.7 Å². The molecule has 2 aromatic rings. The molecule has 5 rings (SSSR count). The summed E-state index contributed by atoms with van der Waals surface area (Å²) in [6.07, 6.45) is 9.54. The summed E-state index contributed by atoms with van der Waals surface area (Å²) in [6, 6.07) is 8.01. The molecule has 0 radical (unpaired) electrons. The monoisotopic (exact) mass is 427 g/mol. The third-order valence-corrected chi connectivity index (χ3v) is 7.03. The zero-order chi connectivity index (χ0) is 21.2. The highest BCUT2D eigenvalue weighted by Crippen LogP contribution is 2.36. The number of rotatable bonds is 7. The van der Waals surface area contributed by atoms with Gasteiger partial charge in [-0.25, -0.2) is 10.4 Å². The summed E-state index contributed by atoms with van der Waals surface area (Å²) < 4.78 is 12.8. The second-order valence-electron chi connectivity index (χ2n) is 9.38. The van der Waals surface area contributed by atoms with Gasteiger partial charge in [-0.1, -0.05) is 6.42 Å². The number of piperidine rings is 2. The van der Waals surface area contributed by atoms with Crippen LogP contribution in [-0.2, 0) is 0 Å². The van der Waals surface area contributed by atoms with Crippen LogP contribution in [0.15, 0.2) is 24.4 Å². The van der Waals surface area contributed by atoms with Gasteiger partial charge in [-0.05, 0) is 57.6 Å². The number of nitrogens with zero attached hydrogens (tertiary/aromatic N) is 3. The molecule has 31 heavy (non-hydrogen) atoms. The number of hydrazine groups is 1. The first-order valence-electron chi connectivity index (χ1n) is 11.8. The molecule has 0 aromatic carbocycles. The van der Waals surface area contributed by atoms with Crippen molar-refractivity contribution >= 4 is 22.5 Å². The number of alkyl halides is 1. The summed E-state index contributed by atoms with van der Waals surface area (Å²) in [5.74, 6) is 1.75. The first-order valence-corrected chi connectivity index (χ1v) is 11.8. The molecule has 0 spiro atoms. The molecule has 168 valence electrons. The zero-order valence-electron chi connectivity index (χ0n) is 18.3. The minimum atomic E-state index is -0.218. The van der Waals surface area contributed by atoms with Gasteiger partial charge < -0.3 is 10.6 Å². The number of aromatic nitrogens is 2. The number of halogens is 1. The predicted molar refractivity (Wildman–Crippen MR) is 123 cm³/mol. The molecule has 3 fully saturated rings. The van der Waals surface area contributed by atoms with E-state index in [1.807, 2.05) is 18.3 Å². The molecule has 4 N–H and O–H groups in total. The van der Waals surface area contributed by atoms with Gasteiger partial charge in [-0.15, -0.1) is 0 Å². The van der Waals surface area contributed by atoms with Gasteiger partial charge in [0.15, 0.2) is 0 Å². The van der Waals surface area contributed by atoms with Crippen LogP contribution in [0.3, 0.4) is 0 Å². The number of pyridine rings is 2. The first-order chi connectivity index (χ1) is 15.2. The van der Waals surface area contributed by atoms with Crippen LogP contribution in [0.1, 0.15) is 51.9 Å². The Morgan fingerprint density at radius 1 is 1.16 bits per heavy atom. The fourth-order valence-electron chi connectivity index (χ4n) is 5.64. The zero-order valence-corrected chi connectivity index (χ0v) is 18.3. The van der Waals surface area contributed by atoms with Crippen molar-refractivity contribution in [3.8, 4) is 0 Å². The van der Waals surface area contributed by atoms with Gasteiger partial charge in [0.2, 0.25) is 0 Å². The quantitative estimate of drug-likeness (QED) is 0.539. The van der Waals surface area contributed by atoms with Crippen molar-refractivity contribution in [2.24, 2.45) is 0 Å². The summed E-state index contributed by atoms with van der Waals surface area (Å²) in [4.78, 5) is 12.1. The number of hydrogen-bond donors (Lipinski definition) is 4. The van der Waals surface area contributed by atoms with Gasteiger partial charge in [0.25, 0.3) is 0 Å². The molecular formula is C23H34FN7. The third kappa shape index (κ3) is 4.61. The van der Waals surface area contributed by atoms with E-state index in [9.17, 15) is 4.39 Å². The highest BCUT2D eigenvalue weighted by atomic mass is 19.1. The van der Waals surface area contributed by atoms with Crippen LogP contribution in [0.25, 0.3) is 10.9 Å². The second kappa shape index (κ2) is 9.22. The molecule has 2 bridgehead atoms. The Kier molecular flexibility index (Phi) is 6.20. The SMILES string of the molecule is CC1CC(Nc2cc3ncccc3c(NC3C[C@H]4CCC[C@@H](C3)N4CCCF)n2)NN1. The van der Waals surface area contributed by atoms with Gasteiger partial charge in [-0.3, -0.25) is 19.7 Å². The minimum Gasteiger partial charge on any atom is -0.367 e. The van der Waals surface area contributed by atoms with E-state index < -0.39 is 0 Å². The van der Waals surface area contributed by atoms with Crippen molar-refractivity contribution in [3.63, 3.8) is 0 Å². The summed E-state index contributed by atoms with van der Waals surface area (Å²) in [6.45, 7) is 2.84. The van der Waals surface area contributed by atoms with Crippen LogP contribution < -0.4 is 21.5 Å². The number of nitrogens with one attached hydrogen (secondary N) is 4. The smallest absolute Gasteiger partial charge is 0.138 e. The van der Waals surface area contributed by atoms with Crippen molar-refractivity contribution in [2.45, 2.75) is 82.2 Å². The van der Waals surface area contributed by atoms with E-state index in [2.05, 4.69) is 44.4 Å². The molecule has 0 amide bonds. The number of anilines is 2. The van der Waals surface area contributed by atoms with Crippen LogP contribution in [0.5, 0.6) is 0 Å². The molecule has 3 aliphatic heterocycles. The van der Waals surface area contributed by atoms with E-state index in [1.54, 1.807) is 0 Å². The molecule has 0 saturated carbocycles. The molecule has 3 saturated heterocycles. The van der Waals surface area contributed by atoms with Crippen LogP contribution >= 0.6 is 0 Å². The third-order valence-electron chi connectivity index (χ3n) is 7.03. The lowest BCUT2D eigenvalue weighted by atomic mass is 9.81. The number of hydrogen-bond acceptors (Lipinski definition) is 7. The van der Waals surface area contributed by atoms with Crippen molar-refractivity contribution in [3.05, 3.63) is 24.4 Å². The van der Waals surface area contributed by atoms with Crippen molar-refractivity contribution in [2.75, 3.05) is 23.9 Å². The molecule has 2 aromatic heterocycles. The Balaban J connectivity index is 1.35. The van der Waals surface area contributed by atoms with Crippen molar-refractivity contribution < 1.29 is 4.39 Å². The molecular weight excluding hydrogens is 393 g/mol. The van der Waals surface area contributed by atoms with Gasteiger partial charge in [0.05, 0.1) is 18.4 Å². The Hall–Kier alpha value is -2.03. The van der Waals surface area contributed by atoms with Crippen LogP contribution in [0.2, 0.25) is 0 Å². The molecule has 5 heterocycles. The van der Waals surface area contributed by atoms with E-state index in [0.717, 1.165) is 48.3 Å². The highest BCUT2D eigenvalue weighted by molar-refractivity contribution is 5.91. The Bertz CT molecular complexity index is 879. The number of fused-ring (bicyclic) bond motifs is 3. The Morgan fingerprint density at radius 2 is 2.00 bits per heavy atom. The maximum atomic E-state index is 12.8. The van der Waals surface area contributed by atoms with Crippen LogP contribution in [0, 0.1) is 0 Å². The minimum absolute atomic E-state index is 0.148. The van der Waals surface area contributed by atoms with Gasteiger partial charge in [0, 0.05) is 48.4 Å². The van der Waals surface area contributed by atoms with E-state index >= 15 is 0 Å². The topological polar surface area (TPSA) is 77.1 Å². The lowest BCUT2D eigenvalue weighted by molar-refractivity contribution is 0.0327. The molecule has 0 aliphatic carbocycles. The largest absolute Gasteiger partial charge is 0.367 e. The Morgan fingerprint density at radius 3 is 2.74 bits per heavy atom. The van der Waals surface area contributed by atoms with Crippen molar-refractivity contribution in [1.29, 1.82) is 0 Å². The van der Waals surface area contributed by atoms with E-state index in [-0.39, 0.29) is 12.8 Å². The van der Waals surface area contributed by atoms with Gasteiger partial charge in [-0.2, -0.15) is 0 Å². The summed E-state index contributed by atoms with van der Waals surface area (Å²) >= 11 is 0. The maximum absolute atomic E-state index is 12.8. The molecule has 3 aliphatic rings. The standard InChI is InChI=1S/C23H34FN7/c1-15-11-22(30-29-15)27-21-14-20-19(7-3-9-25-20)23(28-21)26-16-12-17-5-2-6-18(13-16)31(17)10-4-8-24/h3,7,9,14-18,22,29-30H,2,4-6,8,10-13H2,1H3,(H2,26,27,28)/t15?,16?,17-,18+,22?. The fourth-order valence-corrected chi connectivity index (χ4v) is 5.64. The first kappa shape index (κ1) is 20.8. The summed E-state index contributed by atoms with van der Waals surface area (Å²) in [7, 11) is 0. The van der Waals surface area contributed by atoms with Crippen LogP contribution in [0.4, 0.5) is 16.0 Å². The lowest BCUT2D eigenvalue weighted by Gasteiger charge is -2.49. The predicted octanol–water partition coefficient (Wildman–Crippen LogP) is 3.41. The lowest BCUT2D eigenvalue weighted by Crippen LogP contribution is -2.55. The van der Waals surface area contributed by atoms with E-state index in [1.165, 1.54) is 19.3 Å². The fraction of sp³-hybridized carbons (Fsp3) is 0.652. The average molecular weight is 428 g/mol. The van der Waals surface area contributed by atoms with E-state index in [0.29, 0.717) is 30.6 Å².